The maximum atomic E-state index is 12.0. The van der Waals surface area contributed by atoms with E-state index in [-0.39, 0.29) is 0 Å². The summed E-state index contributed by atoms with van der Waals surface area (Å²) in [6.07, 6.45) is 5.50. The zero-order valence-electron chi connectivity index (χ0n) is 13.8. The average Bonchev–Trinajstić information content (AvgIpc) is 2.57. The Morgan fingerprint density at radius 1 is 0.667 bits per heavy atom. The zero-order valence-corrected chi connectivity index (χ0v) is 19.8. The molecule has 0 saturated carbocycles. The number of sulfonamides is 2. The lowest BCUT2D eigenvalue weighted by molar-refractivity contribution is 0.583. The SMILES string of the molecule is O=S(=O)(CS(=O)(=O)NC=Cc1ccc(I)cc1)NC=Cc1ccc(I)cc1. The highest BCUT2D eigenvalue weighted by Crippen LogP contribution is 2.09. The zero-order chi connectivity index (χ0) is 19.9. The maximum Gasteiger partial charge on any atom is 0.248 e. The van der Waals surface area contributed by atoms with E-state index in [1.54, 1.807) is 12.2 Å². The molecular formula is C17H16I2N2O4S2. The minimum absolute atomic E-state index is 0.791. The topological polar surface area (TPSA) is 92.3 Å². The van der Waals surface area contributed by atoms with E-state index in [0.717, 1.165) is 18.3 Å². The molecule has 144 valence electrons. The van der Waals surface area contributed by atoms with E-state index in [2.05, 4.69) is 54.6 Å². The second kappa shape index (κ2) is 9.89. The summed E-state index contributed by atoms with van der Waals surface area (Å²) in [5.74, 6) is 0. The maximum absolute atomic E-state index is 12.0. The van der Waals surface area contributed by atoms with Crippen molar-refractivity contribution in [1.82, 2.24) is 9.44 Å². The second-order valence-electron chi connectivity index (χ2n) is 5.35. The van der Waals surface area contributed by atoms with Crippen LogP contribution in [0.2, 0.25) is 0 Å². The van der Waals surface area contributed by atoms with Crippen LogP contribution in [0.4, 0.5) is 0 Å². The van der Waals surface area contributed by atoms with Gasteiger partial charge in [0.2, 0.25) is 20.0 Å². The van der Waals surface area contributed by atoms with Crippen molar-refractivity contribution in [2.75, 3.05) is 5.08 Å². The molecule has 0 saturated heterocycles. The van der Waals surface area contributed by atoms with Crippen LogP contribution in [0, 0.1) is 7.14 Å². The molecule has 0 aliphatic carbocycles. The molecular weight excluding hydrogens is 614 g/mol. The molecule has 27 heavy (non-hydrogen) atoms. The molecule has 0 atom stereocenters. The van der Waals surface area contributed by atoms with E-state index in [1.165, 1.54) is 12.4 Å². The van der Waals surface area contributed by atoms with Gasteiger partial charge >= 0.3 is 0 Å². The Bertz CT molecular complexity index is 946. The summed E-state index contributed by atoms with van der Waals surface area (Å²) in [4.78, 5) is 0. The summed E-state index contributed by atoms with van der Waals surface area (Å²) in [6.45, 7) is 0. The minimum atomic E-state index is -4.04. The lowest BCUT2D eigenvalue weighted by Gasteiger charge is -2.05. The van der Waals surface area contributed by atoms with Crippen LogP contribution in [0.3, 0.4) is 0 Å². The summed E-state index contributed by atoms with van der Waals surface area (Å²) >= 11 is 4.32. The van der Waals surface area contributed by atoms with Crippen LogP contribution in [-0.4, -0.2) is 21.9 Å². The molecule has 10 heteroatoms. The van der Waals surface area contributed by atoms with Gasteiger partial charge in [0.1, 0.15) is 0 Å². The molecule has 6 nitrogen and oxygen atoms in total. The lowest BCUT2D eigenvalue weighted by Crippen LogP contribution is -2.32. The molecule has 0 aromatic heterocycles. The van der Waals surface area contributed by atoms with Crippen LogP contribution < -0.4 is 9.44 Å². The summed E-state index contributed by atoms with van der Waals surface area (Å²) in [5, 5.41) is -1.08. The van der Waals surface area contributed by atoms with Crippen LogP contribution in [0.25, 0.3) is 12.2 Å². The van der Waals surface area contributed by atoms with Gasteiger partial charge in [-0.15, -0.1) is 0 Å². The molecule has 2 N–H and O–H groups in total. The van der Waals surface area contributed by atoms with Crippen LogP contribution in [-0.2, 0) is 20.0 Å². The summed E-state index contributed by atoms with van der Waals surface area (Å²) in [5.41, 5.74) is 1.58. The summed E-state index contributed by atoms with van der Waals surface area (Å²) in [6, 6.07) is 14.8. The quantitative estimate of drug-likeness (QED) is 0.438. The molecule has 0 heterocycles. The number of hydrogen-bond donors (Lipinski definition) is 2. The second-order valence-corrected chi connectivity index (χ2v) is 11.7. The number of halogens is 2. The van der Waals surface area contributed by atoms with Gasteiger partial charge in [-0.1, -0.05) is 24.3 Å². The number of nitrogens with one attached hydrogen (secondary N) is 2. The van der Waals surface area contributed by atoms with Gasteiger partial charge in [0.25, 0.3) is 0 Å². The van der Waals surface area contributed by atoms with Gasteiger partial charge in [-0.25, -0.2) is 16.8 Å². The molecule has 2 aromatic carbocycles. The minimum Gasteiger partial charge on any atom is -0.289 e. The van der Waals surface area contributed by atoms with Crippen molar-refractivity contribution >= 4 is 77.4 Å². The Morgan fingerprint density at radius 3 is 1.33 bits per heavy atom. The first-order valence-electron chi connectivity index (χ1n) is 7.49. The Balaban J connectivity index is 1.92. The third kappa shape index (κ3) is 8.62. The van der Waals surface area contributed by atoms with E-state index >= 15 is 0 Å². The standard InChI is InChI=1S/C17H16I2N2O4S2/c18-16-5-1-14(2-6-16)9-11-20-26(22,23)13-27(24,25)21-12-10-15-3-7-17(19)8-4-15/h1-12,20-21H,13H2. The molecule has 2 aromatic rings. The van der Waals surface area contributed by atoms with Crippen molar-refractivity contribution in [2.24, 2.45) is 0 Å². The number of benzene rings is 2. The summed E-state index contributed by atoms with van der Waals surface area (Å²) in [7, 11) is -8.08. The van der Waals surface area contributed by atoms with Crippen LogP contribution in [0.5, 0.6) is 0 Å². The van der Waals surface area contributed by atoms with Gasteiger partial charge in [-0.3, -0.25) is 9.44 Å². The Labute approximate surface area is 186 Å². The molecule has 0 bridgehead atoms. The smallest absolute Gasteiger partial charge is 0.248 e. The van der Waals surface area contributed by atoms with Crippen molar-refractivity contribution in [3.05, 3.63) is 79.2 Å². The van der Waals surface area contributed by atoms with Gasteiger partial charge in [-0.05, 0) is 92.7 Å². The molecule has 0 spiro atoms. The first kappa shape index (κ1) is 22.2. The van der Waals surface area contributed by atoms with E-state index in [4.69, 9.17) is 0 Å². The normalized spacial score (nSPS) is 12.5. The van der Waals surface area contributed by atoms with E-state index in [9.17, 15) is 16.8 Å². The Hall–Kier alpha value is -1.12. The van der Waals surface area contributed by atoms with Crippen molar-refractivity contribution in [3.63, 3.8) is 0 Å². The van der Waals surface area contributed by atoms with Gasteiger partial charge in [-0.2, -0.15) is 0 Å². The molecule has 0 radical (unpaired) electrons. The highest BCUT2D eigenvalue weighted by Gasteiger charge is 2.19. The highest BCUT2D eigenvalue weighted by atomic mass is 127. The molecule has 0 aliphatic heterocycles. The molecule has 0 aliphatic rings. The molecule has 0 unspecified atom stereocenters. The number of rotatable bonds is 8. The van der Waals surface area contributed by atoms with Crippen molar-refractivity contribution < 1.29 is 16.8 Å². The largest absolute Gasteiger partial charge is 0.289 e. The van der Waals surface area contributed by atoms with Crippen LogP contribution in [0.1, 0.15) is 11.1 Å². The fraction of sp³-hybridized carbons (Fsp3) is 0.0588. The van der Waals surface area contributed by atoms with E-state index in [1.807, 2.05) is 48.5 Å². The van der Waals surface area contributed by atoms with E-state index in [0.29, 0.717) is 0 Å². The highest BCUT2D eigenvalue weighted by molar-refractivity contribution is 14.1. The Morgan fingerprint density at radius 2 is 1.00 bits per heavy atom. The van der Waals surface area contributed by atoms with Gasteiger partial charge in [0, 0.05) is 19.5 Å². The first-order chi connectivity index (χ1) is 12.7. The van der Waals surface area contributed by atoms with Crippen molar-refractivity contribution in [1.29, 1.82) is 0 Å². The van der Waals surface area contributed by atoms with Gasteiger partial charge in [0.05, 0.1) is 0 Å². The molecule has 0 fully saturated rings. The fourth-order valence-corrected chi connectivity index (χ4v) is 5.34. The Kier molecular flexibility index (Phi) is 8.12. The van der Waals surface area contributed by atoms with E-state index < -0.39 is 25.1 Å². The fourth-order valence-electron chi connectivity index (χ4n) is 1.89. The van der Waals surface area contributed by atoms with Crippen LogP contribution in [0.15, 0.2) is 60.9 Å². The van der Waals surface area contributed by atoms with Crippen molar-refractivity contribution in [3.8, 4) is 0 Å². The monoisotopic (exact) mass is 630 g/mol. The summed E-state index contributed by atoms with van der Waals surface area (Å²) < 4.78 is 54.2. The first-order valence-corrected chi connectivity index (χ1v) is 13.0. The lowest BCUT2D eigenvalue weighted by atomic mass is 10.2. The van der Waals surface area contributed by atoms with Gasteiger partial charge < -0.3 is 0 Å². The molecule has 0 amide bonds. The predicted molar refractivity (Wildman–Crippen MR) is 125 cm³/mol. The van der Waals surface area contributed by atoms with Gasteiger partial charge in [0.15, 0.2) is 5.08 Å². The van der Waals surface area contributed by atoms with Crippen molar-refractivity contribution in [2.45, 2.75) is 0 Å². The third-order valence-electron chi connectivity index (χ3n) is 3.10. The molecule has 2 rings (SSSR count). The predicted octanol–water partition coefficient (Wildman–Crippen LogP) is 3.33. The number of hydrogen-bond acceptors (Lipinski definition) is 4. The third-order valence-corrected chi connectivity index (χ3v) is 8.01. The van der Waals surface area contributed by atoms with Crippen LogP contribution >= 0.6 is 45.2 Å². The average molecular weight is 630 g/mol.